The van der Waals surface area contributed by atoms with Gasteiger partial charge in [0, 0.05) is 36.1 Å². The SMILES string of the molecule is Cc1cc(F)c(NC(=O)Nc2cc(C(C)(C)C)no2)cc1-n1c(C)c2cnc(N(C)c3ccccc3)nc2nc1=O. The molecule has 0 unspecified atom stereocenters. The normalized spacial score (nSPS) is 11.5. The molecule has 0 saturated carbocycles. The van der Waals surface area contributed by atoms with Crippen molar-refractivity contribution in [2.75, 3.05) is 22.6 Å². The molecular weight excluding hydrogens is 527 g/mol. The molecule has 3 aromatic heterocycles. The quantitative estimate of drug-likeness (QED) is 0.285. The third-order valence-corrected chi connectivity index (χ3v) is 6.61. The summed E-state index contributed by atoms with van der Waals surface area (Å²) in [6, 6.07) is 13.0. The Morgan fingerprint density at radius 3 is 2.46 bits per heavy atom. The third-order valence-electron chi connectivity index (χ3n) is 6.61. The van der Waals surface area contributed by atoms with E-state index in [0.29, 0.717) is 34.0 Å². The zero-order valence-corrected chi connectivity index (χ0v) is 23.5. The van der Waals surface area contributed by atoms with Crippen LogP contribution in [0.5, 0.6) is 0 Å². The van der Waals surface area contributed by atoms with Crippen LogP contribution >= 0.6 is 0 Å². The van der Waals surface area contributed by atoms with Gasteiger partial charge in [-0.2, -0.15) is 9.97 Å². The highest BCUT2D eigenvalue weighted by molar-refractivity contribution is 5.99. The molecular formula is C29H29FN8O3. The Labute approximate surface area is 235 Å². The van der Waals surface area contributed by atoms with Gasteiger partial charge in [-0.25, -0.2) is 19.0 Å². The summed E-state index contributed by atoms with van der Waals surface area (Å²) in [5.74, 6) is -0.182. The van der Waals surface area contributed by atoms with Crippen LogP contribution in [0.2, 0.25) is 0 Å². The van der Waals surface area contributed by atoms with Crippen LogP contribution in [0.4, 0.5) is 32.4 Å². The Hall–Kier alpha value is -5.13. The lowest BCUT2D eigenvalue weighted by molar-refractivity contribution is 0.261. The van der Waals surface area contributed by atoms with E-state index in [1.54, 1.807) is 31.0 Å². The van der Waals surface area contributed by atoms with Gasteiger partial charge >= 0.3 is 11.7 Å². The van der Waals surface area contributed by atoms with Crippen LogP contribution in [0.15, 0.2) is 64.0 Å². The number of para-hydroxylation sites is 1. The summed E-state index contributed by atoms with van der Waals surface area (Å²) in [4.78, 5) is 40.9. The molecule has 0 spiro atoms. The van der Waals surface area contributed by atoms with Crippen molar-refractivity contribution >= 4 is 40.3 Å². The maximum atomic E-state index is 14.9. The molecule has 0 aliphatic heterocycles. The van der Waals surface area contributed by atoms with Gasteiger partial charge in [-0.15, -0.1) is 0 Å². The lowest BCUT2D eigenvalue weighted by Crippen LogP contribution is -2.26. The number of carbonyl (C=O) groups excluding carboxylic acids is 1. The smallest absolute Gasteiger partial charge is 0.338 e. The minimum Gasteiger partial charge on any atom is -0.338 e. The molecule has 0 radical (unpaired) electrons. The number of halogens is 1. The number of rotatable bonds is 5. The molecule has 0 aliphatic carbocycles. The van der Waals surface area contributed by atoms with E-state index in [-0.39, 0.29) is 22.6 Å². The minimum atomic E-state index is -0.737. The number of benzene rings is 2. The van der Waals surface area contributed by atoms with Crippen LogP contribution in [0.3, 0.4) is 0 Å². The third kappa shape index (κ3) is 5.49. The number of nitrogens with zero attached hydrogens (tertiary/aromatic N) is 6. The van der Waals surface area contributed by atoms with Crippen molar-refractivity contribution in [2.45, 2.75) is 40.0 Å². The molecule has 2 N–H and O–H groups in total. The number of urea groups is 1. The van der Waals surface area contributed by atoms with E-state index in [0.717, 1.165) is 5.69 Å². The summed E-state index contributed by atoms with van der Waals surface area (Å²) in [6.45, 7) is 9.26. The second-order valence-corrected chi connectivity index (χ2v) is 10.6. The van der Waals surface area contributed by atoms with Gasteiger partial charge in [0.1, 0.15) is 5.82 Å². The highest BCUT2D eigenvalue weighted by atomic mass is 19.1. The summed E-state index contributed by atoms with van der Waals surface area (Å²) in [5.41, 5.74) is 2.06. The number of hydrogen-bond donors (Lipinski definition) is 2. The first-order valence-electron chi connectivity index (χ1n) is 12.8. The van der Waals surface area contributed by atoms with E-state index in [2.05, 4.69) is 30.7 Å². The Morgan fingerprint density at radius 1 is 1.05 bits per heavy atom. The van der Waals surface area contributed by atoms with Crippen molar-refractivity contribution in [3.8, 4) is 5.69 Å². The van der Waals surface area contributed by atoms with Gasteiger partial charge in [0.25, 0.3) is 0 Å². The molecule has 0 aliphatic rings. The highest BCUT2D eigenvalue weighted by Gasteiger charge is 2.21. The Balaban J connectivity index is 1.46. The fourth-order valence-electron chi connectivity index (χ4n) is 4.27. The van der Waals surface area contributed by atoms with Crippen molar-refractivity contribution in [1.82, 2.24) is 24.7 Å². The molecule has 0 fully saturated rings. The van der Waals surface area contributed by atoms with Gasteiger partial charge in [0.2, 0.25) is 11.8 Å². The second kappa shape index (κ2) is 10.5. The van der Waals surface area contributed by atoms with Crippen molar-refractivity contribution < 1.29 is 13.7 Å². The molecule has 3 heterocycles. The van der Waals surface area contributed by atoms with Crippen LogP contribution in [-0.2, 0) is 5.41 Å². The Kier molecular flexibility index (Phi) is 6.99. The maximum Gasteiger partial charge on any atom is 0.354 e. The van der Waals surface area contributed by atoms with Crippen LogP contribution in [0.25, 0.3) is 16.7 Å². The first-order valence-corrected chi connectivity index (χ1v) is 12.8. The lowest BCUT2D eigenvalue weighted by Gasteiger charge is -2.18. The molecule has 5 aromatic rings. The summed E-state index contributed by atoms with van der Waals surface area (Å²) in [6.07, 6.45) is 1.60. The molecule has 2 amide bonds. The number of aromatic nitrogens is 5. The molecule has 5 rings (SSSR count). The average molecular weight is 557 g/mol. The molecule has 41 heavy (non-hydrogen) atoms. The van der Waals surface area contributed by atoms with Gasteiger partial charge in [-0.3, -0.25) is 9.88 Å². The number of hydrogen-bond acceptors (Lipinski definition) is 8. The minimum absolute atomic E-state index is 0.114. The molecule has 12 heteroatoms. The zero-order chi connectivity index (χ0) is 29.5. The largest absolute Gasteiger partial charge is 0.354 e. The van der Waals surface area contributed by atoms with E-state index >= 15 is 0 Å². The number of anilines is 4. The highest BCUT2D eigenvalue weighted by Crippen LogP contribution is 2.27. The maximum absolute atomic E-state index is 14.9. The predicted molar refractivity (Wildman–Crippen MR) is 155 cm³/mol. The first-order chi connectivity index (χ1) is 19.4. The molecule has 11 nitrogen and oxygen atoms in total. The van der Waals surface area contributed by atoms with E-state index in [9.17, 15) is 14.0 Å². The van der Waals surface area contributed by atoms with Crippen molar-refractivity contribution in [2.24, 2.45) is 0 Å². The van der Waals surface area contributed by atoms with Crippen LogP contribution in [0.1, 0.15) is 37.7 Å². The predicted octanol–water partition coefficient (Wildman–Crippen LogP) is 5.63. The van der Waals surface area contributed by atoms with E-state index in [1.165, 1.54) is 16.7 Å². The summed E-state index contributed by atoms with van der Waals surface area (Å²) >= 11 is 0. The number of aryl methyl sites for hydroxylation is 2. The zero-order valence-electron chi connectivity index (χ0n) is 23.5. The second-order valence-electron chi connectivity index (χ2n) is 10.6. The van der Waals surface area contributed by atoms with E-state index in [4.69, 9.17) is 4.52 Å². The van der Waals surface area contributed by atoms with Gasteiger partial charge in [0.15, 0.2) is 5.65 Å². The summed E-state index contributed by atoms with van der Waals surface area (Å²) in [7, 11) is 1.82. The summed E-state index contributed by atoms with van der Waals surface area (Å²) in [5, 5.41) is 9.49. The standard InChI is InChI=1S/C29H29FN8O3/c1-16-12-20(30)21(32-27(39)33-24-14-23(36-41-24)29(3,4)5)13-22(16)38-17(2)19-15-31-26(34-25(19)35-28(38)40)37(6)18-10-8-7-9-11-18/h7-15H,1-6H3,(H2,32,33,39). The van der Waals surface area contributed by atoms with E-state index < -0.39 is 17.5 Å². The molecule has 2 aromatic carbocycles. The van der Waals surface area contributed by atoms with Gasteiger partial charge in [-0.1, -0.05) is 44.1 Å². The molecule has 210 valence electrons. The van der Waals surface area contributed by atoms with Crippen LogP contribution < -0.4 is 21.2 Å². The first kappa shape index (κ1) is 27.4. The van der Waals surface area contributed by atoms with Crippen LogP contribution in [0, 0.1) is 19.7 Å². The Bertz CT molecular complexity index is 1830. The fraction of sp³-hybridized carbons (Fsp3) is 0.241. The number of amides is 2. The van der Waals surface area contributed by atoms with Gasteiger partial charge in [-0.05, 0) is 43.7 Å². The van der Waals surface area contributed by atoms with Gasteiger partial charge < -0.3 is 14.7 Å². The number of carbonyl (C=O) groups is 1. The topological polar surface area (TPSA) is 131 Å². The van der Waals surface area contributed by atoms with Crippen molar-refractivity contribution in [3.05, 3.63) is 88.0 Å². The monoisotopic (exact) mass is 556 g/mol. The fourth-order valence-corrected chi connectivity index (χ4v) is 4.27. The van der Waals surface area contributed by atoms with Gasteiger partial charge in [0.05, 0.1) is 22.5 Å². The van der Waals surface area contributed by atoms with Crippen molar-refractivity contribution in [1.29, 1.82) is 0 Å². The van der Waals surface area contributed by atoms with E-state index in [1.807, 2.05) is 58.2 Å². The summed E-state index contributed by atoms with van der Waals surface area (Å²) < 4.78 is 21.4. The molecule has 0 atom stereocenters. The van der Waals surface area contributed by atoms with Crippen molar-refractivity contribution in [3.63, 3.8) is 0 Å². The molecule has 0 bridgehead atoms. The van der Waals surface area contributed by atoms with Crippen LogP contribution in [-0.4, -0.2) is 37.8 Å². The molecule has 0 saturated heterocycles. The Morgan fingerprint density at radius 2 is 1.78 bits per heavy atom. The lowest BCUT2D eigenvalue weighted by atomic mass is 9.92. The average Bonchev–Trinajstić information content (AvgIpc) is 3.40. The number of fused-ring (bicyclic) bond motifs is 1. The number of nitrogens with one attached hydrogen (secondary N) is 2.